The number of anilines is 1. The molecule has 0 saturated carbocycles. The third kappa shape index (κ3) is 6.54. The lowest BCUT2D eigenvalue weighted by molar-refractivity contribution is -0.149. The van der Waals surface area contributed by atoms with Crippen molar-refractivity contribution in [2.45, 2.75) is 44.6 Å². The molecule has 41 heavy (non-hydrogen) atoms. The zero-order valence-corrected chi connectivity index (χ0v) is 24.8. The van der Waals surface area contributed by atoms with E-state index in [9.17, 15) is 27.6 Å². The van der Waals surface area contributed by atoms with E-state index in [4.69, 9.17) is 14.2 Å². The number of amides is 2. The summed E-state index contributed by atoms with van der Waals surface area (Å²) >= 11 is 1.18. The first-order valence-corrected chi connectivity index (χ1v) is 15.6. The van der Waals surface area contributed by atoms with Crippen molar-refractivity contribution in [2.75, 3.05) is 45.3 Å². The van der Waals surface area contributed by atoms with E-state index in [1.165, 1.54) is 51.9 Å². The van der Waals surface area contributed by atoms with Crippen LogP contribution in [0.5, 0.6) is 0 Å². The van der Waals surface area contributed by atoms with Gasteiger partial charge in [-0.1, -0.05) is 0 Å². The summed E-state index contributed by atoms with van der Waals surface area (Å²) in [4.78, 5) is 52.4. The highest BCUT2D eigenvalue weighted by Gasteiger charge is 2.35. The van der Waals surface area contributed by atoms with Gasteiger partial charge in [0.1, 0.15) is 5.00 Å². The van der Waals surface area contributed by atoms with Crippen LogP contribution in [0.25, 0.3) is 0 Å². The van der Waals surface area contributed by atoms with Crippen LogP contribution in [-0.4, -0.2) is 81.5 Å². The van der Waals surface area contributed by atoms with E-state index in [0.29, 0.717) is 31.4 Å². The number of carbonyl (C=O) groups excluding carboxylic acids is 4. The van der Waals surface area contributed by atoms with Gasteiger partial charge in [-0.2, -0.15) is 4.31 Å². The number of hydrogen-bond acceptors (Lipinski definition) is 10. The summed E-state index contributed by atoms with van der Waals surface area (Å²) < 4.78 is 42.9. The first-order valence-electron chi connectivity index (χ1n) is 13.3. The molecule has 222 valence electrons. The van der Waals surface area contributed by atoms with Gasteiger partial charge in [0.05, 0.1) is 43.2 Å². The average Bonchev–Trinajstić information content (AvgIpc) is 3.34. The lowest BCUT2D eigenvalue weighted by atomic mass is 10.0. The molecule has 2 aliphatic rings. The minimum atomic E-state index is -3.89. The largest absolute Gasteiger partial charge is 0.466 e. The molecule has 2 amide bonds. The van der Waals surface area contributed by atoms with Crippen LogP contribution in [0.3, 0.4) is 0 Å². The molecule has 1 aromatic carbocycles. The predicted molar refractivity (Wildman–Crippen MR) is 149 cm³/mol. The van der Waals surface area contributed by atoms with Crippen molar-refractivity contribution in [3.05, 3.63) is 45.8 Å². The molecule has 0 spiro atoms. The maximum absolute atomic E-state index is 13.3. The molecule has 14 heteroatoms. The average molecular weight is 608 g/mol. The van der Waals surface area contributed by atoms with Gasteiger partial charge in [0.2, 0.25) is 10.0 Å². The first kappa shape index (κ1) is 30.5. The van der Waals surface area contributed by atoms with Gasteiger partial charge in [-0.15, -0.1) is 11.3 Å². The normalized spacial score (nSPS) is 17.3. The number of nitrogens with zero attached hydrogens (tertiary/aromatic N) is 2. The molecule has 0 aliphatic carbocycles. The third-order valence-electron chi connectivity index (χ3n) is 6.96. The summed E-state index contributed by atoms with van der Waals surface area (Å²) in [6.45, 7) is 4.81. The van der Waals surface area contributed by atoms with Crippen molar-refractivity contribution < 1.29 is 41.8 Å². The number of carbonyl (C=O) groups is 4. The minimum Gasteiger partial charge on any atom is -0.466 e. The standard InChI is InChI=1S/C27H33N3O9S2/c1-4-38-25(32)18-7-6-13-30(15-18)41(35,36)19-10-8-17(9-11-19)23(31)28-24-22(26(33)37-3)20-12-14-29(16-21(20)40-24)27(34)39-5-2/h8-11,18H,4-7,12-16H2,1-3H3,(H,28,31). The number of rotatable bonds is 8. The van der Waals surface area contributed by atoms with Crippen LogP contribution in [-0.2, 0) is 42.0 Å². The van der Waals surface area contributed by atoms with Crippen molar-refractivity contribution in [1.82, 2.24) is 9.21 Å². The highest BCUT2D eigenvalue weighted by molar-refractivity contribution is 7.89. The number of fused-ring (bicyclic) bond motifs is 1. The smallest absolute Gasteiger partial charge is 0.410 e. The van der Waals surface area contributed by atoms with Gasteiger partial charge >= 0.3 is 18.0 Å². The Morgan fingerprint density at radius 2 is 1.76 bits per heavy atom. The van der Waals surface area contributed by atoms with E-state index in [-0.39, 0.29) is 53.9 Å². The van der Waals surface area contributed by atoms with Crippen LogP contribution in [0.4, 0.5) is 9.80 Å². The van der Waals surface area contributed by atoms with Crippen molar-refractivity contribution in [1.29, 1.82) is 0 Å². The highest BCUT2D eigenvalue weighted by Crippen LogP contribution is 2.38. The Hall–Kier alpha value is -3.49. The maximum atomic E-state index is 13.3. The molecule has 3 heterocycles. The van der Waals surface area contributed by atoms with Crippen molar-refractivity contribution in [2.24, 2.45) is 5.92 Å². The lowest BCUT2D eigenvalue weighted by Gasteiger charge is -2.30. The number of methoxy groups -OCH3 is 1. The molecule has 1 atom stereocenters. The third-order valence-corrected chi connectivity index (χ3v) is 9.97. The van der Waals surface area contributed by atoms with Crippen LogP contribution in [0.15, 0.2) is 29.2 Å². The van der Waals surface area contributed by atoms with Gasteiger partial charge < -0.3 is 24.4 Å². The number of piperidine rings is 1. The van der Waals surface area contributed by atoms with E-state index in [1.807, 2.05) is 0 Å². The van der Waals surface area contributed by atoms with E-state index in [1.54, 1.807) is 13.8 Å². The summed E-state index contributed by atoms with van der Waals surface area (Å²) in [7, 11) is -2.64. The molecule has 0 radical (unpaired) electrons. The van der Waals surface area contributed by atoms with Crippen LogP contribution >= 0.6 is 11.3 Å². The number of hydrogen-bond donors (Lipinski definition) is 1. The number of nitrogens with one attached hydrogen (secondary N) is 1. The fourth-order valence-electron chi connectivity index (χ4n) is 4.90. The SMILES string of the molecule is CCOC(=O)C1CCCN(S(=O)(=O)c2ccc(C(=O)Nc3sc4c(c3C(=O)OC)CCN(C(=O)OCC)C4)cc2)C1. The minimum absolute atomic E-state index is 0.000506. The van der Waals surface area contributed by atoms with Crippen LogP contribution in [0.1, 0.15) is 57.8 Å². The summed E-state index contributed by atoms with van der Waals surface area (Å²) in [5.74, 6) is -2.07. The first-order chi connectivity index (χ1) is 19.6. The predicted octanol–water partition coefficient (Wildman–Crippen LogP) is 3.27. The topological polar surface area (TPSA) is 149 Å². The van der Waals surface area contributed by atoms with Gasteiger partial charge in [0.15, 0.2) is 0 Å². The summed E-state index contributed by atoms with van der Waals surface area (Å²) in [6, 6.07) is 5.47. The van der Waals surface area contributed by atoms with Gasteiger partial charge in [-0.3, -0.25) is 9.59 Å². The van der Waals surface area contributed by atoms with E-state index >= 15 is 0 Å². The van der Waals surface area contributed by atoms with E-state index < -0.39 is 39.9 Å². The molecule has 1 fully saturated rings. The van der Waals surface area contributed by atoms with Crippen molar-refractivity contribution >= 4 is 50.3 Å². The number of ether oxygens (including phenoxy) is 3. The van der Waals surface area contributed by atoms with Gasteiger partial charge in [0, 0.05) is 30.1 Å². The highest BCUT2D eigenvalue weighted by atomic mass is 32.2. The molecule has 1 saturated heterocycles. The van der Waals surface area contributed by atoms with Gasteiger partial charge in [-0.25, -0.2) is 18.0 Å². The second-order valence-corrected chi connectivity index (χ2v) is 12.5. The monoisotopic (exact) mass is 607 g/mol. The second-order valence-electron chi connectivity index (χ2n) is 9.50. The molecule has 0 bridgehead atoms. The van der Waals surface area contributed by atoms with Crippen molar-refractivity contribution in [3.8, 4) is 0 Å². The Kier molecular flexibility index (Phi) is 9.66. The van der Waals surface area contributed by atoms with Crippen LogP contribution < -0.4 is 5.32 Å². The van der Waals surface area contributed by atoms with Crippen LogP contribution in [0, 0.1) is 5.92 Å². The van der Waals surface area contributed by atoms with Crippen LogP contribution in [0.2, 0.25) is 0 Å². The van der Waals surface area contributed by atoms with E-state index in [2.05, 4.69) is 5.32 Å². The van der Waals surface area contributed by atoms with Gasteiger partial charge in [-0.05, 0) is 62.9 Å². The summed E-state index contributed by atoms with van der Waals surface area (Å²) in [6.07, 6.45) is 1.04. The molecule has 4 rings (SSSR count). The fraction of sp³-hybridized carbons (Fsp3) is 0.481. The number of thiophene rings is 1. The Morgan fingerprint density at radius 3 is 2.41 bits per heavy atom. The maximum Gasteiger partial charge on any atom is 0.410 e. The lowest BCUT2D eigenvalue weighted by Crippen LogP contribution is -2.42. The quantitative estimate of drug-likeness (QED) is 0.353. The fourth-order valence-corrected chi connectivity index (χ4v) is 7.67. The molecule has 2 aliphatic heterocycles. The van der Waals surface area contributed by atoms with Crippen molar-refractivity contribution in [3.63, 3.8) is 0 Å². The number of esters is 2. The van der Waals surface area contributed by atoms with E-state index in [0.717, 1.165) is 4.88 Å². The molecule has 1 unspecified atom stereocenters. The Balaban J connectivity index is 1.50. The number of sulfonamides is 1. The Labute approximate surface area is 242 Å². The molecule has 1 aromatic heterocycles. The van der Waals surface area contributed by atoms with Gasteiger partial charge in [0.25, 0.3) is 5.91 Å². The molecule has 1 N–H and O–H groups in total. The Morgan fingerprint density at radius 1 is 1.05 bits per heavy atom. The number of benzene rings is 1. The summed E-state index contributed by atoms with van der Waals surface area (Å²) in [5, 5.41) is 3.04. The zero-order chi connectivity index (χ0) is 29.7. The Bertz CT molecular complexity index is 1420. The molecule has 2 aromatic rings. The summed E-state index contributed by atoms with van der Waals surface area (Å²) in [5.41, 5.74) is 1.13. The second kappa shape index (κ2) is 13.0. The molecule has 12 nitrogen and oxygen atoms in total. The molecular formula is C27H33N3O9S2. The zero-order valence-electron chi connectivity index (χ0n) is 23.1. The molecular weight excluding hydrogens is 574 g/mol.